The topological polar surface area (TPSA) is 91.1 Å². The van der Waals surface area contributed by atoms with Crippen LogP contribution in [0.4, 0.5) is 24.5 Å². The molecule has 0 atom stereocenters. The van der Waals surface area contributed by atoms with Gasteiger partial charge in [-0.1, -0.05) is 18.2 Å². The Morgan fingerprint density at radius 1 is 0.971 bits per heavy atom. The first-order valence-electron chi connectivity index (χ1n) is 10.5. The van der Waals surface area contributed by atoms with E-state index in [9.17, 15) is 26.4 Å². The summed E-state index contributed by atoms with van der Waals surface area (Å²) < 4.78 is 66.5. The lowest BCUT2D eigenvalue weighted by Gasteiger charge is -2.11. The van der Waals surface area contributed by atoms with Gasteiger partial charge in [-0.25, -0.2) is 8.42 Å². The number of aromatic amines is 1. The molecule has 35 heavy (non-hydrogen) atoms. The summed E-state index contributed by atoms with van der Waals surface area (Å²) >= 11 is 0. The summed E-state index contributed by atoms with van der Waals surface area (Å²) in [5, 5.41) is 3.66. The molecule has 1 aliphatic heterocycles. The molecule has 0 fully saturated rings. The number of para-hydroxylation sites is 1. The Balaban J connectivity index is 1.51. The van der Waals surface area contributed by atoms with Crippen LogP contribution in [0, 0.1) is 6.92 Å². The summed E-state index contributed by atoms with van der Waals surface area (Å²) in [5.41, 5.74) is 2.86. The number of hydrogen-bond donors (Lipinski definition) is 3. The molecule has 0 radical (unpaired) electrons. The maximum atomic E-state index is 13.0. The van der Waals surface area contributed by atoms with E-state index in [4.69, 9.17) is 0 Å². The predicted molar refractivity (Wildman–Crippen MR) is 128 cm³/mol. The molecule has 3 aromatic carbocycles. The molecule has 1 aromatic heterocycles. The number of amides is 1. The fourth-order valence-corrected chi connectivity index (χ4v) is 5.13. The normalized spacial score (nSPS) is 14.9. The molecule has 0 saturated carbocycles. The number of halogens is 3. The number of sulfonamides is 1. The Labute approximate surface area is 198 Å². The number of rotatable bonds is 4. The van der Waals surface area contributed by atoms with Gasteiger partial charge in [-0.3, -0.25) is 9.52 Å². The minimum atomic E-state index is -4.52. The number of fused-ring (bicyclic) bond motifs is 2. The summed E-state index contributed by atoms with van der Waals surface area (Å²) in [6.07, 6.45) is -2.81. The molecule has 0 aliphatic carbocycles. The van der Waals surface area contributed by atoms with Gasteiger partial charge in [-0.15, -0.1) is 0 Å². The first-order valence-corrected chi connectivity index (χ1v) is 12.0. The SMILES string of the molecule is Cc1[nH]c2ccccc2c1C=C1C(=O)Nc2ccc(S(=O)(=O)Nc3ccc(C(F)(F)F)cc3)cc21. The molecule has 0 bridgehead atoms. The third-order valence-corrected chi connectivity index (χ3v) is 7.16. The van der Waals surface area contributed by atoms with E-state index < -0.39 is 21.8 Å². The van der Waals surface area contributed by atoms with Gasteiger partial charge in [0.15, 0.2) is 0 Å². The van der Waals surface area contributed by atoms with E-state index in [0.717, 1.165) is 46.4 Å². The third kappa shape index (κ3) is 4.17. The molecule has 10 heteroatoms. The second-order valence-electron chi connectivity index (χ2n) is 8.11. The quantitative estimate of drug-likeness (QED) is 0.312. The number of carbonyl (C=O) groups is 1. The fourth-order valence-electron chi connectivity index (χ4n) is 4.05. The maximum absolute atomic E-state index is 13.0. The van der Waals surface area contributed by atoms with Crippen LogP contribution in [-0.4, -0.2) is 19.3 Å². The van der Waals surface area contributed by atoms with Crippen LogP contribution in [0.2, 0.25) is 0 Å². The Bertz CT molecular complexity index is 1620. The highest BCUT2D eigenvalue weighted by atomic mass is 32.2. The van der Waals surface area contributed by atoms with E-state index in [1.807, 2.05) is 31.2 Å². The van der Waals surface area contributed by atoms with Crippen molar-refractivity contribution < 1.29 is 26.4 Å². The summed E-state index contributed by atoms with van der Waals surface area (Å²) in [6.45, 7) is 1.88. The number of nitrogens with one attached hydrogen (secondary N) is 3. The number of hydrogen-bond acceptors (Lipinski definition) is 3. The van der Waals surface area contributed by atoms with E-state index in [-0.39, 0.29) is 16.5 Å². The van der Waals surface area contributed by atoms with Gasteiger partial charge < -0.3 is 10.3 Å². The molecule has 6 nitrogen and oxygen atoms in total. The van der Waals surface area contributed by atoms with Gasteiger partial charge in [-0.2, -0.15) is 13.2 Å². The van der Waals surface area contributed by atoms with Crippen molar-refractivity contribution in [3.8, 4) is 0 Å². The molecule has 2 heterocycles. The van der Waals surface area contributed by atoms with Crippen molar-refractivity contribution in [2.24, 2.45) is 0 Å². The summed E-state index contributed by atoms with van der Waals surface area (Å²) in [5.74, 6) is -0.366. The standard InChI is InChI=1S/C25H18F3N3O3S/c1-14-19(18-4-2-3-5-22(18)29-14)13-21-20-12-17(10-11-23(20)30-24(21)32)35(33,34)31-16-8-6-15(7-9-16)25(26,27)28/h2-13,29,31H,1H3,(H,30,32). The number of aromatic nitrogens is 1. The van der Waals surface area contributed by atoms with E-state index >= 15 is 0 Å². The van der Waals surface area contributed by atoms with Crippen LogP contribution in [0.15, 0.2) is 71.6 Å². The lowest BCUT2D eigenvalue weighted by molar-refractivity contribution is -0.137. The van der Waals surface area contributed by atoms with E-state index in [2.05, 4.69) is 15.0 Å². The minimum absolute atomic E-state index is 0.0158. The number of benzene rings is 3. The lowest BCUT2D eigenvalue weighted by atomic mass is 10.0. The van der Waals surface area contributed by atoms with E-state index in [1.165, 1.54) is 18.2 Å². The van der Waals surface area contributed by atoms with Crippen molar-refractivity contribution in [1.82, 2.24) is 4.98 Å². The Kier molecular flexibility index (Phi) is 5.21. The Morgan fingerprint density at radius 3 is 2.40 bits per heavy atom. The van der Waals surface area contributed by atoms with Crippen LogP contribution in [-0.2, 0) is 21.0 Å². The van der Waals surface area contributed by atoms with E-state index in [0.29, 0.717) is 16.8 Å². The number of anilines is 2. The smallest absolute Gasteiger partial charge is 0.358 e. The number of alkyl halides is 3. The van der Waals surface area contributed by atoms with Crippen LogP contribution in [0.5, 0.6) is 0 Å². The zero-order chi connectivity index (χ0) is 25.0. The van der Waals surface area contributed by atoms with Crippen LogP contribution < -0.4 is 10.0 Å². The minimum Gasteiger partial charge on any atom is -0.358 e. The van der Waals surface area contributed by atoms with Crippen molar-refractivity contribution in [2.45, 2.75) is 18.0 Å². The van der Waals surface area contributed by atoms with Gasteiger partial charge >= 0.3 is 6.18 Å². The molecule has 5 rings (SSSR count). The molecule has 3 N–H and O–H groups in total. The van der Waals surface area contributed by atoms with Crippen molar-refractivity contribution in [3.63, 3.8) is 0 Å². The number of aryl methyl sites for hydroxylation is 1. The zero-order valence-corrected chi connectivity index (χ0v) is 19.0. The predicted octanol–water partition coefficient (Wildman–Crippen LogP) is 5.79. The molecule has 1 amide bonds. The van der Waals surface area contributed by atoms with Crippen molar-refractivity contribution >= 4 is 49.9 Å². The first kappa shape index (κ1) is 22.7. The zero-order valence-electron chi connectivity index (χ0n) is 18.2. The number of H-pyrrole nitrogens is 1. The van der Waals surface area contributed by atoms with Crippen LogP contribution in [0.25, 0.3) is 22.6 Å². The molecule has 1 aliphatic rings. The van der Waals surface area contributed by atoms with Gasteiger partial charge in [0.2, 0.25) is 0 Å². The molecule has 178 valence electrons. The Hall–Kier alpha value is -4.05. The molecule has 4 aromatic rings. The van der Waals surface area contributed by atoms with Crippen molar-refractivity contribution in [3.05, 3.63) is 89.1 Å². The van der Waals surface area contributed by atoms with Crippen molar-refractivity contribution in [2.75, 3.05) is 10.0 Å². The molecule has 0 saturated heterocycles. The molecule has 0 unspecified atom stereocenters. The van der Waals surface area contributed by atoms with Gasteiger partial charge in [0, 0.05) is 44.7 Å². The Morgan fingerprint density at radius 2 is 1.69 bits per heavy atom. The molecular weight excluding hydrogens is 479 g/mol. The largest absolute Gasteiger partial charge is 0.416 e. The van der Waals surface area contributed by atoms with Gasteiger partial charge in [0.1, 0.15) is 0 Å². The summed E-state index contributed by atoms with van der Waals surface area (Å²) in [4.78, 5) is 15.9. The second-order valence-corrected chi connectivity index (χ2v) is 9.79. The lowest BCUT2D eigenvalue weighted by Crippen LogP contribution is -2.13. The average molecular weight is 497 g/mol. The molecule has 0 spiro atoms. The highest BCUT2D eigenvalue weighted by molar-refractivity contribution is 7.92. The highest BCUT2D eigenvalue weighted by Crippen LogP contribution is 2.37. The highest BCUT2D eigenvalue weighted by Gasteiger charge is 2.30. The fraction of sp³-hybridized carbons (Fsp3) is 0.0800. The van der Waals surface area contributed by atoms with Crippen molar-refractivity contribution in [1.29, 1.82) is 0 Å². The first-order chi connectivity index (χ1) is 16.5. The van der Waals surface area contributed by atoms with Crippen LogP contribution in [0.1, 0.15) is 22.4 Å². The van der Waals surface area contributed by atoms with E-state index in [1.54, 1.807) is 6.08 Å². The van der Waals surface area contributed by atoms with Gasteiger partial charge in [0.25, 0.3) is 15.9 Å². The van der Waals surface area contributed by atoms with Crippen LogP contribution >= 0.6 is 0 Å². The average Bonchev–Trinajstić information content (AvgIpc) is 3.28. The third-order valence-electron chi connectivity index (χ3n) is 5.78. The molecular formula is C25H18F3N3O3S. The van der Waals surface area contributed by atoms with Gasteiger partial charge in [-0.05, 0) is 61.5 Å². The van der Waals surface area contributed by atoms with Gasteiger partial charge in [0.05, 0.1) is 10.5 Å². The van der Waals surface area contributed by atoms with Crippen LogP contribution in [0.3, 0.4) is 0 Å². The monoisotopic (exact) mass is 497 g/mol. The summed E-state index contributed by atoms with van der Waals surface area (Å²) in [7, 11) is -4.13. The summed E-state index contributed by atoms with van der Waals surface area (Å²) in [6, 6.07) is 15.5. The number of carbonyl (C=O) groups excluding carboxylic acids is 1. The second kappa shape index (κ2) is 8.02. The maximum Gasteiger partial charge on any atom is 0.416 e.